The zero-order valence-corrected chi connectivity index (χ0v) is 21.2. The molecule has 2 amide bonds. The third kappa shape index (κ3) is 7.51. The number of hydrogen-bond acceptors (Lipinski definition) is 6. The second-order valence-electron chi connectivity index (χ2n) is 7.60. The van der Waals surface area contributed by atoms with E-state index >= 15 is 0 Å². The number of unbranched alkanes of at least 4 members (excludes halogenated alkanes) is 1. The normalized spacial score (nSPS) is 10.6. The van der Waals surface area contributed by atoms with E-state index in [1.165, 1.54) is 11.8 Å². The van der Waals surface area contributed by atoms with Gasteiger partial charge in [0, 0.05) is 36.3 Å². The van der Waals surface area contributed by atoms with Crippen LogP contribution < -0.4 is 20.1 Å². The summed E-state index contributed by atoms with van der Waals surface area (Å²) in [6, 6.07) is 12.7. The molecule has 3 aromatic rings. The fourth-order valence-corrected chi connectivity index (χ4v) is 4.10. The Morgan fingerprint density at radius 3 is 2.66 bits per heavy atom. The van der Waals surface area contributed by atoms with E-state index in [-0.39, 0.29) is 17.6 Å². The number of rotatable bonds is 13. The van der Waals surface area contributed by atoms with E-state index in [4.69, 9.17) is 9.47 Å². The molecule has 1 heterocycles. The Hall–Kier alpha value is -3.46. The van der Waals surface area contributed by atoms with Crippen molar-refractivity contribution in [3.63, 3.8) is 0 Å². The average Bonchev–Trinajstić information content (AvgIpc) is 3.33. The van der Waals surface area contributed by atoms with Crippen LogP contribution >= 0.6 is 11.8 Å². The van der Waals surface area contributed by atoms with Gasteiger partial charge in [-0.05, 0) is 50.6 Å². The Morgan fingerprint density at radius 1 is 1.06 bits per heavy atom. The number of benzene rings is 2. The number of carbonyl (C=O) groups excluding carboxylic acids is 2. The molecule has 0 aliphatic rings. The van der Waals surface area contributed by atoms with Crippen LogP contribution in [-0.2, 0) is 4.79 Å². The molecule has 0 atom stereocenters. The Labute approximate surface area is 210 Å². The summed E-state index contributed by atoms with van der Waals surface area (Å²) in [5.74, 6) is 1.10. The number of hydrogen-bond donors (Lipinski definition) is 2. The van der Waals surface area contributed by atoms with E-state index in [0.29, 0.717) is 47.7 Å². The Bertz CT molecular complexity index is 1130. The number of nitrogens with zero attached hydrogens (tertiary/aromatic N) is 2. The van der Waals surface area contributed by atoms with Crippen molar-refractivity contribution >= 4 is 29.3 Å². The molecule has 2 N–H and O–H groups in total. The molecule has 0 fully saturated rings. The number of nitrogens with one attached hydrogen (secondary N) is 2. The molecule has 0 saturated heterocycles. The fourth-order valence-electron chi connectivity index (χ4n) is 3.33. The van der Waals surface area contributed by atoms with Gasteiger partial charge in [0.15, 0.2) is 5.16 Å². The highest BCUT2D eigenvalue weighted by Gasteiger charge is 2.14. The smallest absolute Gasteiger partial charge is 0.251 e. The van der Waals surface area contributed by atoms with Crippen molar-refractivity contribution in [2.45, 2.75) is 38.8 Å². The van der Waals surface area contributed by atoms with Crippen LogP contribution in [-0.4, -0.2) is 46.9 Å². The van der Waals surface area contributed by atoms with Crippen LogP contribution in [0.5, 0.6) is 11.5 Å². The van der Waals surface area contributed by atoms with E-state index < -0.39 is 0 Å². The van der Waals surface area contributed by atoms with E-state index in [1.807, 2.05) is 48.9 Å². The van der Waals surface area contributed by atoms with Crippen LogP contribution in [0, 0.1) is 0 Å². The summed E-state index contributed by atoms with van der Waals surface area (Å²) in [5.41, 5.74) is 1.95. The summed E-state index contributed by atoms with van der Waals surface area (Å²) in [6.07, 6.45) is 5.45. The lowest BCUT2D eigenvalue weighted by Gasteiger charge is -2.14. The third-order valence-electron chi connectivity index (χ3n) is 4.98. The predicted molar refractivity (Wildman–Crippen MR) is 139 cm³/mol. The molecule has 9 heteroatoms. The lowest BCUT2D eigenvalue weighted by atomic mass is 10.2. The molecule has 3 rings (SSSR count). The van der Waals surface area contributed by atoms with Gasteiger partial charge >= 0.3 is 0 Å². The van der Waals surface area contributed by atoms with Gasteiger partial charge in [-0.15, -0.1) is 0 Å². The number of thioether (sulfide) groups is 1. The number of aromatic nitrogens is 2. The molecule has 0 bridgehead atoms. The predicted octanol–water partition coefficient (Wildman–Crippen LogP) is 4.93. The van der Waals surface area contributed by atoms with Gasteiger partial charge in [-0.1, -0.05) is 31.2 Å². The standard InChI is InChI=1S/C26H32N4O4S/c1-4-7-13-27-25(32)19-9-8-10-20(16-19)30-15-14-28-26(30)35-18-24(31)29-22-17-21(33-5-2)11-12-23(22)34-6-3/h8-12,14-17H,4-7,13,18H2,1-3H3,(H,27,32)(H,29,31). The average molecular weight is 497 g/mol. The van der Waals surface area contributed by atoms with E-state index in [2.05, 4.69) is 22.5 Å². The first kappa shape index (κ1) is 26.2. The van der Waals surface area contributed by atoms with E-state index in [1.54, 1.807) is 24.4 Å². The number of carbonyl (C=O) groups is 2. The maximum absolute atomic E-state index is 12.7. The molecule has 0 aliphatic heterocycles. The first-order valence-corrected chi connectivity index (χ1v) is 12.8. The quantitative estimate of drug-likeness (QED) is 0.257. The number of ether oxygens (including phenoxy) is 2. The number of amides is 2. The summed E-state index contributed by atoms with van der Waals surface area (Å²) < 4.78 is 13.0. The van der Waals surface area contributed by atoms with Gasteiger partial charge in [0.2, 0.25) is 5.91 Å². The van der Waals surface area contributed by atoms with Crippen molar-refractivity contribution in [2.24, 2.45) is 0 Å². The van der Waals surface area contributed by atoms with Crippen molar-refractivity contribution in [1.82, 2.24) is 14.9 Å². The van der Waals surface area contributed by atoms with E-state index in [0.717, 1.165) is 18.5 Å². The molecule has 2 aromatic carbocycles. The highest BCUT2D eigenvalue weighted by Crippen LogP contribution is 2.30. The van der Waals surface area contributed by atoms with Gasteiger partial charge in [0.1, 0.15) is 11.5 Å². The summed E-state index contributed by atoms with van der Waals surface area (Å²) in [5, 5.41) is 6.49. The van der Waals surface area contributed by atoms with Crippen molar-refractivity contribution in [3.8, 4) is 17.2 Å². The molecule has 186 valence electrons. The monoisotopic (exact) mass is 496 g/mol. The molecule has 35 heavy (non-hydrogen) atoms. The van der Waals surface area contributed by atoms with Gasteiger partial charge in [-0.2, -0.15) is 0 Å². The topological polar surface area (TPSA) is 94.5 Å². The largest absolute Gasteiger partial charge is 0.494 e. The van der Waals surface area contributed by atoms with Crippen LogP contribution in [0.4, 0.5) is 5.69 Å². The van der Waals surface area contributed by atoms with Crippen LogP contribution in [0.2, 0.25) is 0 Å². The van der Waals surface area contributed by atoms with Crippen molar-refractivity contribution in [1.29, 1.82) is 0 Å². The van der Waals surface area contributed by atoms with Crippen molar-refractivity contribution in [2.75, 3.05) is 30.8 Å². The zero-order chi connectivity index (χ0) is 25.0. The van der Waals surface area contributed by atoms with E-state index in [9.17, 15) is 9.59 Å². The van der Waals surface area contributed by atoms with Crippen LogP contribution in [0.1, 0.15) is 44.0 Å². The second kappa shape index (κ2) is 13.4. The van der Waals surface area contributed by atoms with Gasteiger partial charge < -0.3 is 20.1 Å². The molecule has 0 saturated carbocycles. The maximum Gasteiger partial charge on any atom is 0.251 e. The van der Waals surface area contributed by atoms with Crippen molar-refractivity contribution in [3.05, 3.63) is 60.4 Å². The third-order valence-corrected chi connectivity index (χ3v) is 5.94. The minimum Gasteiger partial charge on any atom is -0.494 e. The van der Waals surface area contributed by atoms with Gasteiger partial charge in [-0.3, -0.25) is 14.2 Å². The lowest BCUT2D eigenvalue weighted by Crippen LogP contribution is -2.24. The van der Waals surface area contributed by atoms with Crippen molar-refractivity contribution < 1.29 is 19.1 Å². The van der Waals surface area contributed by atoms with Crippen LogP contribution in [0.3, 0.4) is 0 Å². The Kier molecular flexibility index (Phi) is 10.0. The summed E-state index contributed by atoms with van der Waals surface area (Å²) >= 11 is 1.31. The minimum atomic E-state index is -0.191. The molecule has 0 aliphatic carbocycles. The molecule has 0 unspecified atom stereocenters. The fraction of sp³-hybridized carbons (Fsp3) is 0.346. The Morgan fingerprint density at radius 2 is 1.89 bits per heavy atom. The second-order valence-corrected chi connectivity index (χ2v) is 8.54. The highest BCUT2D eigenvalue weighted by molar-refractivity contribution is 7.99. The zero-order valence-electron chi connectivity index (χ0n) is 20.4. The van der Waals surface area contributed by atoms with Crippen LogP contribution in [0.25, 0.3) is 5.69 Å². The number of imidazole rings is 1. The minimum absolute atomic E-state index is 0.103. The molecule has 0 spiro atoms. The van der Waals surface area contributed by atoms with Crippen LogP contribution in [0.15, 0.2) is 60.0 Å². The highest BCUT2D eigenvalue weighted by atomic mass is 32.2. The first-order chi connectivity index (χ1) is 17.0. The molecule has 8 nitrogen and oxygen atoms in total. The SMILES string of the molecule is CCCCNC(=O)c1cccc(-n2ccnc2SCC(=O)Nc2cc(OCC)ccc2OCC)c1. The molecular weight excluding hydrogens is 464 g/mol. The Balaban J connectivity index is 1.67. The summed E-state index contributed by atoms with van der Waals surface area (Å²) in [6.45, 7) is 7.55. The molecule has 1 aromatic heterocycles. The maximum atomic E-state index is 12.7. The lowest BCUT2D eigenvalue weighted by molar-refractivity contribution is -0.113. The summed E-state index contributed by atoms with van der Waals surface area (Å²) in [4.78, 5) is 29.6. The van der Waals surface area contributed by atoms with Gasteiger partial charge in [0.25, 0.3) is 5.91 Å². The summed E-state index contributed by atoms with van der Waals surface area (Å²) in [7, 11) is 0. The molecular formula is C26H32N4O4S. The molecule has 0 radical (unpaired) electrons. The van der Waals surface area contributed by atoms with Gasteiger partial charge in [-0.25, -0.2) is 4.98 Å². The first-order valence-electron chi connectivity index (χ1n) is 11.8. The number of anilines is 1. The van der Waals surface area contributed by atoms with Gasteiger partial charge in [0.05, 0.1) is 24.7 Å².